The van der Waals surface area contributed by atoms with Crippen LogP contribution in [0.5, 0.6) is 0 Å². The van der Waals surface area contributed by atoms with Crippen molar-refractivity contribution in [2.24, 2.45) is 0 Å². The Morgan fingerprint density at radius 3 is 2.10 bits per heavy atom. The second-order valence-corrected chi connectivity index (χ2v) is 8.39. The van der Waals surface area contributed by atoms with Gasteiger partial charge in [0.2, 0.25) is 0 Å². The number of nitriles is 1. The average molecular weight is 402 g/mol. The van der Waals surface area contributed by atoms with Crippen molar-refractivity contribution < 1.29 is 4.79 Å². The Hall–Kier alpha value is -3.06. The molecule has 3 rings (SSSR count). The Bertz CT molecular complexity index is 991. The van der Waals surface area contributed by atoms with Crippen LogP contribution in [0, 0.1) is 39.1 Å². The van der Waals surface area contributed by atoms with Gasteiger partial charge in [-0.3, -0.25) is 10.1 Å². The van der Waals surface area contributed by atoms with Gasteiger partial charge < -0.3 is 5.32 Å². The maximum Gasteiger partial charge on any atom is 0.259 e. The van der Waals surface area contributed by atoms with E-state index < -0.39 is 0 Å². The molecular weight excluding hydrogens is 370 g/mol. The molecule has 0 saturated heterocycles. The van der Waals surface area contributed by atoms with Crippen LogP contribution in [0.2, 0.25) is 0 Å². The Kier molecular flexibility index (Phi) is 6.62. The number of amides is 1. The van der Waals surface area contributed by atoms with Crippen LogP contribution in [0.15, 0.2) is 29.8 Å². The maximum absolute atomic E-state index is 12.0. The Morgan fingerprint density at radius 2 is 1.57 bits per heavy atom. The van der Waals surface area contributed by atoms with Crippen molar-refractivity contribution in [3.63, 3.8) is 0 Å². The molecule has 0 aliphatic heterocycles. The fourth-order valence-corrected chi connectivity index (χ4v) is 4.46. The van der Waals surface area contributed by atoms with Gasteiger partial charge in [-0.05, 0) is 105 Å². The molecule has 0 aromatic heterocycles. The lowest BCUT2D eigenvalue weighted by Crippen LogP contribution is -2.18. The van der Waals surface area contributed by atoms with E-state index in [2.05, 4.69) is 62.6 Å². The highest BCUT2D eigenvalue weighted by molar-refractivity contribution is 5.98. The van der Waals surface area contributed by atoms with E-state index in [0.29, 0.717) is 11.6 Å². The molecule has 156 valence electrons. The maximum atomic E-state index is 12.0. The van der Waals surface area contributed by atoms with E-state index in [1.54, 1.807) is 13.1 Å². The SMILES string of the molecule is C/C(=C\c1c(C)c(C)c(-c2ccc(NC3CCCC3)cc2)c(C)c1C)C(=O)NC#N. The number of hydrogen-bond acceptors (Lipinski definition) is 3. The number of carbonyl (C=O) groups is 1. The number of benzene rings is 2. The van der Waals surface area contributed by atoms with Crippen molar-refractivity contribution in [2.45, 2.75) is 66.3 Å². The lowest BCUT2D eigenvalue weighted by atomic mass is 9.85. The molecule has 1 amide bonds. The summed E-state index contributed by atoms with van der Waals surface area (Å²) in [5.41, 5.74) is 9.99. The molecule has 2 N–H and O–H groups in total. The van der Waals surface area contributed by atoms with Crippen LogP contribution < -0.4 is 10.6 Å². The third-order valence-corrected chi connectivity index (χ3v) is 6.47. The van der Waals surface area contributed by atoms with Crippen molar-refractivity contribution >= 4 is 17.7 Å². The summed E-state index contributed by atoms with van der Waals surface area (Å²) in [7, 11) is 0. The van der Waals surface area contributed by atoms with Gasteiger partial charge in [-0.2, -0.15) is 5.26 Å². The molecule has 0 heterocycles. The van der Waals surface area contributed by atoms with Gasteiger partial charge in [0.25, 0.3) is 5.91 Å². The normalized spacial score (nSPS) is 14.5. The van der Waals surface area contributed by atoms with Crippen LogP contribution in [0.25, 0.3) is 17.2 Å². The summed E-state index contributed by atoms with van der Waals surface area (Å²) in [5, 5.41) is 14.5. The summed E-state index contributed by atoms with van der Waals surface area (Å²) in [6.07, 6.45) is 8.76. The van der Waals surface area contributed by atoms with Crippen LogP contribution in [0.1, 0.15) is 60.4 Å². The summed E-state index contributed by atoms with van der Waals surface area (Å²) >= 11 is 0. The molecule has 2 aromatic carbocycles. The number of nitrogens with zero attached hydrogens (tertiary/aromatic N) is 1. The van der Waals surface area contributed by atoms with Crippen molar-refractivity contribution in [3.05, 3.63) is 57.7 Å². The number of nitrogens with one attached hydrogen (secondary N) is 2. The zero-order chi connectivity index (χ0) is 21.8. The van der Waals surface area contributed by atoms with E-state index in [-0.39, 0.29) is 5.91 Å². The molecule has 1 aliphatic carbocycles. The van der Waals surface area contributed by atoms with Crippen molar-refractivity contribution in [1.29, 1.82) is 5.26 Å². The van der Waals surface area contributed by atoms with Gasteiger partial charge in [-0.25, -0.2) is 0 Å². The Morgan fingerprint density at radius 1 is 1.00 bits per heavy atom. The van der Waals surface area contributed by atoms with Gasteiger partial charge in [0.05, 0.1) is 0 Å². The molecule has 0 atom stereocenters. The minimum absolute atomic E-state index is 0.360. The first kappa shape index (κ1) is 21.6. The third kappa shape index (κ3) is 4.41. The van der Waals surface area contributed by atoms with Crippen LogP contribution in [-0.2, 0) is 4.79 Å². The molecule has 1 saturated carbocycles. The largest absolute Gasteiger partial charge is 0.382 e. The van der Waals surface area contributed by atoms with E-state index in [0.717, 1.165) is 16.7 Å². The highest BCUT2D eigenvalue weighted by Gasteiger charge is 2.17. The fourth-order valence-electron chi connectivity index (χ4n) is 4.46. The summed E-state index contributed by atoms with van der Waals surface area (Å²) in [4.78, 5) is 12.0. The van der Waals surface area contributed by atoms with E-state index in [1.165, 1.54) is 53.6 Å². The third-order valence-electron chi connectivity index (χ3n) is 6.47. The van der Waals surface area contributed by atoms with Gasteiger partial charge >= 0.3 is 0 Å². The van der Waals surface area contributed by atoms with E-state index >= 15 is 0 Å². The Balaban J connectivity index is 1.96. The van der Waals surface area contributed by atoms with E-state index in [9.17, 15) is 4.79 Å². The van der Waals surface area contributed by atoms with Crippen molar-refractivity contribution in [1.82, 2.24) is 5.32 Å². The fraction of sp³-hybridized carbons (Fsp3) is 0.385. The average Bonchev–Trinajstić information content (AvgIpc) is 3.24. The van der Waals surface area contributed by atoms with Crippen molar-refractivity contribution in [3.8, 4) is 17.3 Å². The molecule has 0 radical (unpaired) electrons. The van der Waals surface area contributed by atoms with Gasteiger partial charge in [0, 0.05) is 17.3 Å². The Labute approximate surface area is 180 Å². The first-order valence-corrected chi connectivity index (χ1v) is 10.7. The predicted molar refractivity (Wildman–Crippen MR) is 124 cm³/mol. The zero-order valence-corrected chi connectivity index (χ0v) is 18.6. The zero-order valence-electron chi connectivity index (χ0n) is 18.6. The molecule has 4 nitrogen and oxygen atoms in total. The molecule has 30 heavy (non-hydrogen) atoms. The van der Waals surface area contributed by atoms with Gasteiger partial charge in [0.15, 0.2) is 6.19 Å². The quantitative estimate of drug-likeness (QED) is 0.370. The minimum Gasteiger partial charge on any atom is -0.382 e. The summed E-state index contributed by atoms with van der Waals surface area (Å²) in [6.45, 7) is 10.2. The molecule has 1 fully saturated rings. The number of hydrogen-bond donors (Lipinski definition) is 2. The topological polar surface area (TPSA) is 64.9 Å². The van der Waals surface area contributed by atoms with Crippen LogP contribution >= 0.6 is 0 Å². The highest BCUT2D eigenvalue weighted by atomic mass is 16.1. The summed E-state index contributed by atoms with van der Waals surface area (Å²) in [5.74, 6) is -0.360. The molecular formula is C26H31N3O. The number of carbonyl (C=O) groups excluding carboxylic acids is 1. The molecule has 0 bridgehead atoms. The highest BCUT2D eigenvalue weighted by Crippen LogP contribution is 2.36. The molecule has 4 heteroatoms. The van der Waals surface area contributed by atoms with Crippen LogP contribution in [0.3, 0.4) is 0 Å². The van der Waals surface area contributed by atoms with E-state index in [1.807, 2.05) is 6.08 Å². The molecule has 0 spiro atoms. The van der Waals surface area contributed by atoms with Crippen LogP contribution in [0.4, 0.5) is 5.69 Å². The standard InChI is InChI=1S/C26H31N3O/c1-16(26(30)28-15-27)14-24-17(2)19(4)25(20(5)18(24)3)21-10-12-23(13-11-21)29-22-8-6-7-9-22/h10-14,22,29H,6-9H2,1-5H3,(H,28,30)/b16-14+. The number of rotatable bonds is 5. The predicted octanol–water partition coefficient (Wildman–Crippen LogP) is 5.94. The van der Waals surface area contributed by atoms with Crippen molar-refractivity contribution in [2.75, 3.05) is 5.32 Å². The summed E-state index contributed by atoms with van der Waals surface area (Å²) < 4.78 is 0. The minimum atomic E-state index is -0.360. The number of anilines is 1. The first-order valence-electron chi connectivity index (χ1n) is 10.7. The van der Waals surface area contributed by atoms with E-state index in [4.69, 9.17) is 5.26 Å². The van der Waals surface area contributed by atoms with Crippen LogP contribution in [-0.4, -0.2) is 11.9 Å². The molecule has 2 aromatic rings. The molecule has 0 unspecified atom stereocenters. The second kappa shape index (κ2) is 9.17. The second-order valence-electron chi connectivity index (χ2n) is 8.39. The monoisotopic (exact) mass is 401 g/mol. The smallest absolute Gasteiger partial charge is 0.259 e. The van der Waals surface area contributed by atoms with Gasteiger partial charge in [-0.1, -0.05) is 25.0 Å². The lowest BCUT2D eigenvalue weighted by molar-refractivity contribution is -0.116. The molecule has 1 aliphatic rings. The van der Waals surface area contributed by atoms with Gasteiger partial charge in [0.1, 0.15) is 0 Å². The lowest BCUT2D eigenvalue weighted by Gasteiger charge is -2.20. The first-order chi connectivity index (χ1) is 14.3. The van der Waals surface area contributed by atoms with Gasteiger partial charge in [-0.15, -0.1) is 0 Å². The summed E-state index contributed by atoms with van der Waals surface area (Å²) in [6, 6.07) is 9.37.